The van der Waals surface area contributed by atoms with E-state index in [0.29, 0.717) is 6.04 Å². The quantitative estimate of drug-likeness (QED) is 0.833. The van der Waals surface area contributed by atoms with Crippen LogP contribution in [0.3, 0.4) is 0 Å². The van der Waals surface area contributed by atoms with E-state index in [2.05, 4.69) is 23.9 Å². The van der Waals surface area contributed by atoms with Gasteiger partial charge in [0.2, 0.25) is 0 Å². The third-order valence-corrected chi connectivity index (χ3v) is 3.87. The highest BCUT2D eigenvalue weighted by Gasteiger charge is 2.21. The van der Waals surface area contributed by atoms with Crippen molar-refractivity contribution in [3.63, 3.8) is 0 Å². The van der Waals surface area contributed by atoms with Gasteiger partial charge < -0.3 is 10.6 Å². The summed E-state index contributed by atoms with van der Waals surface area (Å²) in [4.78, 5) is 4.64. The molecule has 1 aliphatic heterocycles. The van der Waals surface area contributed by atoms with Crippen LogP contribution in [0.4, 0.5) is 10.1 Å². The fourth-order valence-corrected chi connectivity index (χ4v) is 2.55. The van der Waals surface area contributed by atoms with Crippen LogP contribution in [0.1, 0.15) is 18.4 Å². The number of piperidine rings is 1. The van der Waals surface area contributed by atoms with Crippen LogP contribution >= 0.6 is 0 Å². The van der Waals surface area contributed by atoms with Gasteiger partial charge in [0.25, 0.3) is 0 Å². The van der Waals surface area contributed by atoms with Crippen LogP contribution in [-0.4, -0.2) is 43.0 Å². The minimum Gasteiger partial charge on any atom is -0.396 e. The molecule has 2 rings (SSSR count). The Kier molecular flexibility index (Phi) is 4.19. The van der Waals surface area contributed by atoms with E-state index in [9.17, 15) is 4.39 Å². The highest BCUT2D eigenvalue weighted by molar-refractivity contribution is 5.47. The first-order valence-corrected chi connectivity index (χ1v) is 6.49. The second-order valence-electron chi connectivity index (χ2n) is 5.26. The summed E-state index contributed by atoms with van der Waals surface area (Å²) >= 11 is 0. The summed E-state index contributed by atoms with van der Waals surface area (Å²) in [5.74, 6) is -0.315. The Labute approximate surface area is 108 Å². The number of halogens is 1. The van der Waals surface area contributed by atoms with Crippen molar-refractivity contribution in [1.29, 1.82) is 0 Å². The molecule has 0 aromatic heterocycles. The van der Waals surface area contributed by atoms with Crippen molar-refractivity contribution in [2.75, 3.05) is 32.9 Å². The number of nitrogen functional groups attached to an aromatic ring is 1. The third-order valence-electron chi connectivity index (χ3n) is 3.87. The average Bonchev–Trinajstić information content (AvgIpc) is 2.36. The number of nitrogens with two attached hydrogens (primary N) is 1. The Morgan fingerprint density at radius 1 is 1.39 bits per heavy atom. The molecule has 0 unspecified atom stereocenters. The van der Waals surface area contributed by atoms with E-state index in [1.807, 2.05) is 6.07 Å². The monoisotopic (exact) mass is 251 g/mol. The van der Waals surface area contributed by atoms with E-state index in [4.69, 9.17) is 5.73 Å². The largest absolute Gasteiger partial charge is 0.396 e. The minimum absolute atomic E-state index is 0.289. The molecule has 1 heterocycles. The van der Waals surface area contributed by atoms with Gasteiger partial charge in [-0.05, 0) is 51.7 Å². The van der Waals surface area contributed by atoms with Gasteiger partial charge in [-0.15, -0.1) is 0 Å². The number of likely N-dealkylation sites (tertiary alicyclic amines) is 1. The van der Waals surface area contributed by atoms with Gasteiger partial charge in [0, 0.05) is 12.6 Å². The molecule has 1 aromatic carbocycles. The van der Waals surface area contributed by atoms with Crippen molar-refractivity contribution >= 4 is 5.69 Å². The minimum atomic E-state index is -0.315. The molecular formula is C14H22FN3. The van der Waals surface area contributed by atoms with Crippen molar-refractivity contribution in [2.24, 2.45) is 0 Å². The van der Waals surface area contributed by atoms with Crippen molar-refractivity contribution in [3.05, 3.63) is 29.6 Å². The van der Waals surface area contributed by atoms with Gasteiger partial charge in [-0.25, -0.2) is 4.39 Å². The molecule has 0 spiro atoms. The Bertz CT molecular complexity index is 400. The molecular weight excluding hydrogens is 229 g/mol. The van der Waals surface area contributed by atoms with E-state index in [0.717, 1.165) is 25.2 Å². The molecule has 1 fully saturated rings. The maximum Gasteiger partial charge on any atom is 0.146 e. The molecule has 0 radical (unpaired) electrons. The predicted molar refractivity (Wildman–Crippen MR) is 72.8 cm³/mol. The van der Waals surface area contributed by atoms with Crippen LogP contribution in [0, 0.1) is 5.82 Å². The van der Waals surface area contributed by atoms with Crippen LogP contribution in [0.15, 0.2) is 18.2 Å². The summed E-state index contributed by atoms with van der Waals surface area (Å²) in [5.41, 5.74) is 6.95. The molecule has 0 saturated carbocycles. The van der Waals surface area contributed by atoms with E-state index in [-0.39, 0.29) is 11.5 Å². The van der Waals surface area contributed by atoms with Crippen molar-refractivity contribution in [1.82, 2.24) is 9.80 Å². The lowest BCUT2D eigenvalue weighted by Crippen LogP contribution is -2.41. The Balaban J connectivity index is 1.98. The molecule has 1 saturated heterocycles. The van der Waals surface area contributed by atoms with Crippen LogP contribution in [0.2, 0.25) is 0 Å². The second kappa shape index (κ2) is 5.67. The molecule has 0 atom stereocenters. The first-order valence-electron chi connectivity index (χ1n) is 6.49. The van der Waals surface area contributed by atoms with Crippen molar-refractivity contribution in [3.8, 4) is 0 Å². The van der Waals surface area contributed by atoms with E-state index in [1.165, 1.54) is 18.9 Å². The van der Waals surface area contributed by atoms with Crippen LogP contribution in [-0.2, 0) is 6.54 Å². The number of nitrogens with zero attached hydrogens (tertiary/aromatic N) is 2. The van der Waals surface area contributed by atoms with Crippen LogP contribution < -0.4 is 5.73 Å². The van der Waals surface area contributed by atoms with Crippen molar-refractivity contribution in [2.45, 2.75) is 25.4 Å². The zero-order chi connectivity index (χ0) is 13.1. The van der Waals surface area contributed by atoms with Gasteiger partial charge in [0.15, 0.2) is 0 Å². The van der Waals surface area contributed by atoms with Gasteiger partial charge in [0.1, 0.15) is 5.82 Å². The zero-order valence-electron chi connectivity index (χ0n) is 11.2. The molecule has 1 aromatic rings. The average molecular weight is 251 g/mol. The van der Waals surface area contributed by atoms with Gasteiger partial charge >= 0.3 is 0 Å². The van der Waals surface area contributed by atoms with Crippen molar-refractivity contribution < 1.29 is 4.39 Å². The smallest absolute Gasteiger partial charge is 0.146 e. The highest BCUT2D eigenvalue weighted by Crippen LogP contribution is 2.21. The van der Waals surface area contributed by atoms with E-state index >= 15 is 0 Å². The summed E-state index contributed by atoms with van der Waals surface area (Å²) in [6.45, 7) is 2.99. The van der Waals surface area contributed by atoms with Gasteiger partial charge in [0.05, 0.1) is 5.69 Å². The molecule has 1 aliphatic rings. The number of benzene rings is 1. The molecule has 3 nitrogen and oxygen atoms in total. The summed E-state index contributed by atoms with van der Waals surface area (Å²) < 4.78 is 13.4. The molecule has 4 heteroatoms. The fourth-order valence-electron chi connectivity index (χ4n) is 2.55. The van der Waals surface area contributed by atoms with Gasteiger partial charge in [-0.1, -0.05) is 12.1 Å². The lowest BCUT2D eigenvalue weighted by atomic mass is 10.0. The fraction of sp³-hybridized carbons (Fsp3) is 0.571. The molecule has 2 N–H and O–H groups in total. The molecule has 100 valence electrons. The number of rotatable bonds is 3. The van der Waals surface area contributed by atoms with Gasteiger partial charge in [-0.3, -0.25) is 4.90 Å². The second-order valence-corrected chi connectivity index (χ2v) is 5.26. The highest BCUT2D eigenvalue weighted by atomic mass is 19.1. The zero-order valence-corrected chi connectivity index (χ0v) is 11.2. The SMILES string of the molecule is CN1CCC(N(C)Cc2cccc(F)c2N)CC1. The lowest BCUT2D eigenvalue weighted by Gasteiger charge is -2.35. The molecule has 18 heavy (non-hydrogen) atoms. The summed E-state index contributed by atoms with van der Waals surface area (Å²) in [6.07, 6.45) is 2.34. The molecule has 0 aliphatic carbocycles. The molecule has 0 bridgehead atoms. The summed E-state index contributed by atoms with van der Waals surface area (Å²) in [5, 5.41) is 0. The Hall–Kier alpha value is -1.13. The standard InChI is InChI=1S/C14H22FN3/c1-17-8-6-12(7-9-17)18(2)10-11-4-3-5-13(15)14(11)16/h3-5,12H,6-10,16H2,1-2H3. The van der Waals surface area contributed by atoms with Crippen LogP contribution in [0.25, 0.3) is 0 Å². The third kappa shape index (κ3) is 3.00. The first-order chi connectivity index (χ1) is 8.58. The summed E-state index contributed by atoms with van der Waals surface area (Å²) in [6, 6.07) is 5.62. The number of anilines is 1. The number of para-hydroxylation sites is 1. The molecule has 0 amide bonds. The normalized spacial score (nSPS) is 18.4. The number of hydrogen-bond acceptors (Lipinski definition) is 3. The van der Waals surface area contributed by atoms with Crippen LogP contribution in [0.5, 0.6) is 0 Å². The predicted octanol–water partition coefficient (Wildman–Crippen LogP) is 1.93. The lowest BCUT2D eigenvalue weighted by molar-refractivity contribution is 0.139. The van der Waals surface area contributed by atoms with E-state index < -0.39 is 0 Å². The maximum atomic E-state index is 13.4. The number of hydrogen-bond donors (Lipinski definition) is 1. The van der Waals surface area contributed by atoms with E-state index in [1.54, 1.807) is 6.07 Å². The topological polar surface area (TPSA) is 32.5 Å². The van der Waals surface area contributed by atoms with Gasteiger partial charge in [-0.2, -0.15) is 0 Å². The maximum absolute atomic E-state index is 13.4. The summed E-state index contributed by atoms with van der Waals surface area (Å²) in [7, 11) is 4.25. The first kappa shape index (κ1) is 13.3. The Morgan fingerprint density at radius 2 is 2.06 bits per heavy atom. The Morgan fingerprint density at radius 3 is 2.72 bits per heavy atom.